The first-order chi connectivity index (χ1) is 7.79. The number of carbonyl (C=O) groups excluding carboxylic acids is 1. The van der Waals surface area contributed by atoms with Gasteiger partial charge in [0, 0.05) is 19.0 Å². The Hall–Kier alpha value is -0.570. The Morgan fingerprint density at radius 2 is 2.06 bits per heavy atom. The van der Waals surface area contributed by atoms with Gasteiger partial charge in [0.15, 0.2) is 0 Å². The molecule has 2 N–H and O–H groups in total. The molecule has 1 heterocycles. The molecule has 1 unspecified atom stereocenters. The normalized spacial score (nSPS) is 20.8. The smallest absolute Gasteiger partial charge is 0.222 e. The Labute approximate surface area is 99.4 Å². The number of amides is 1. The molecule has 1 amide bonds. The second kappa shape index (κ2) is 7.66. The Kier molecular flexibility index (Phi) is 6.46. The summed E-state index contributed by atoms with van der Waals surface area (Å²) in [4.78, 5) is 13.8. The summed E-state index contributed by atoms with van der Waals surface area (Å²) in [5.74, 6) is 0.372. The van der Waals surface area contributed by atoms with Crippen molar-refractivity contribution in [1.82, 2.24) is 4.90 Å². The van der Waals surface area contributed by atoms with Crippen LogP contribution in [0.5, 0.6) is 0 Å². The quantitative estimate of drug-likeness (QED) is 0.645. The second-order valence-corrected chi connectivity index (χ2v) is 4.77. The van der Waals surface area contributed by atoms with Crippen LogP contribution in [0.2, 0.25) is 0 Å². The molecule has 1 atom stereocenters. The minimum Gasteiger partial charge on any atom is -0.340 e. The van der Waals surface area contributed by atoms with Crippen LogP contribution in [0.3, 0.4) is 0 Å². The lowest BCUT2D eigenvalue weighted by atomic mass is 10.1. The van der Waals surface area contributed by atoms with Gasteiger partial charge >= 0.3 is 0 Å². The molecule has 1 aliphatic rings. The van der Waals surface area contributed by atoms with Crippen LogP contribution in [0.4, 0.5) is 0 Å². The molecule has 3 heteroatoms. The van der Waals surface area contributed by atoms with Crippen LogP contribution in [-0.4, -0.2) is 29.9 Å². The molecular weight excluding hydrogens is 200 g/mol. The molecule has 0 saturated carbocycles. The van der Waals surface area contributed by atoms with E-state index in [2.05, 4.69) is 11.8 Å². The van der Waals surface area contributed by atoms with E-state index in [4.69, 9.17) is 5.73 Å². The molecule has 0 radical (unpaired) electrons. The van der Waals surface area contributed by atoms with E-state index in [1.807, 2.05) is 0 Å². The number of carbonyl (C=O) groups is 1. The lowest BCUT2D eigenvalue weighted by Crippen LogP contribution is -2.33. The van der Waals surface area contributed by atoms with Crippen molar-refractivity contribution < 1.29 is 4.79 Å². The van der Waals surface area contributed by atoms with Crippen LogP contribution < -0.4 is 5.73 Å². The summed E-state index contributed by atoms with van der Waals surface area (Å²) in [5, 5.41) is 0. The van der Waals surface area contributed by atoms with E-state index >= 15 is 0 Å². The van der Waals surface area contributed by atoms with E-state index in [0.717, 1.165) is 38.8 Å². The summed E-state index contributed by atoms with van der Waals surface area (Å²) in [6.45, 7) is 3.96. The topological polar surface area (TPSA) is 46.3 Å². The Balaban J connectivity index is 2.19. The third-order valence-electron chi connectivity index (χ3n) is 3.43. The molecule has 0 aromatic heterocycles. The molecule has 0 aromatic carbocycles. The highest BCUT2D eigenvalue weighted by Gasteiger charge is 2.29. The summed E-state index contributed by atoms with van der Waals surface area (Å²) in [6, 6.07) is 0.534. The standard InChI is InChI=1S/C13H26N2O/c1-2-7-12-8-9-13(16)15(12)11-6-4-3-5-10-14/h12H,2-11,14H2,1H3. The Morgan fingerprint density at radius 1 is 1.31 bits per heavy atom. The SMILES string of the molecule is CCCC1CCC(=O)N1CCCCCCN. The molecule has 0 aliphatic carbocycles. The number of nitrogens with zero attached hydrogens (tertiary/aromatic N) is 1. The average Bonchev–Trinajstić information content (AvgIpc) is 2.61. The molecule has 0 bridgehead atoms. The number of unbranched alkanes of at least 4 members (excludes halogenated alkanes) is 3. The van der Waals surface area contributed by atoms with Gasteiger partial charge in [0.2, 0.25) is 5.91 Å². The second-order valence-electron chi connectivity index (χ2n) is 4.77. The Bertz CT molecular complexity index is 206. The number of nitrogens with two attached hydrogens (primary N) is 1. The first kappa shape index (κ1) is 13.5. The van der Waals surface area contributed by atoms with Gasteiger partial charge in [-0.2, -0.15) is 0 Å². The summed E-state index contributed by atoms with van der Waals surface area (Å²) in [7, 11) is 0. The number of likely N-dealkylation sites (tertiary alicyclic amines) is 1. The van der Waals surface area contributed by atoms with Gasteiger partial charge in [-0.25, -0.2) is 0 Å². The summed E-state index contributed by atoms with van der Waals surface area (Å²) >= 11 is 0. The zero-order valence-corrected chi connectivity index (χ0v) is 10.6. The van der Waals surface area contributed by atoms with Gasteiger partial charge in [-0.1, -0.05) is 26.2 Å². The summed E-state index contributed by atoms with van der Waals surface area (Å²) in [6.07, 6.45) is 8.88. The van der Waals surface area contributed by atoms with Crippen LogP contribution in [0.1, 0.15) is 58.3 Å². The third-order valence-corrected chi connectivity index (χ3v) is 3.43. The van der Waals surface area contributed by atoms with Crippen LogP contribution in [0.15, 0.2) is 0 Å². The van der Waals surface area contributed by atoms with Crippen molar-refractivity contribution in [3.8, 4) is 0 Å². The van der Waals surface area contributed by atoms with Crippen LogP contribution in [0.25, 0.3) is 0 Å². The lowest BCUT2D eigenvalue weighted by molar-refractivity contribution is -0.129. The van der Waals surface area contributed by atoms with Crippen LogP contribution in [-0.2, 0) is 4.79 Å². The predicted molar refractivity (Wildman–Crippen MR) is 67.2 cm³/mol. The van der Waals surface area contributed by atoms with Crippen molar-refractivity contribution in [1.29, 1.82) is 0 Å². The molecule has 0 aromatic rings. The van der Waals surface area contributed by atoms with Gasteiger partial charge in [-0.05, 0) is 32.2 Å². The first-order valence-corrected chi connectivity index (χ1v) is 6.79. The van der Waals surface area contributed by atoms with Crippen molar-refractivity contribution in [2.45, 2.75) is 64.3 Å². The van der Waals surface area contributed by atoms with Gasteiger partial charge in [-0.15, -0.1) is 0 Å². The van der Waals surface area contributed by atoms with Crippen molar-refractivity contribution >= 4 is 5.91 Å². The number of rotatable bonds is 8. The van der Waals surface area contributed by atoms with Crippen LogP contribution >= 0.6 is 0 Å². The van der Waals surface area contributed by atoms with Gasteiger partial charge in [-0.3, -0.25) is 4.79 Å². The largest absolute Gasteiger partial charge is 0.340 e. The highest BCUT2D eigenvalue weighted by molar-refractivity contribution is 5.78. The first-order valence-electron chi connectivity index (χ1n) is 6.79. The van der Waals surface area contributed by atoms with E-state index < -0.39 is 0 Å². The molecule has 94 valence electrons. The molecule has 3 nitrogen and oxygen atoms in total. The molecule has 1 saturated heterocycles. The van der Waals surface area contributed by atoms with Gasteiger partial charge < -0.3 is 10.6 Å². The van der Waals surface area contributed by atoms with E-state index in [1.165, 1.54) is 25.7 Å². The maximum atomic E-state index is 11.7. The van der Waals surface area contributed by atoms with Crippen molar-refractivity contribution in [3.63, 3.8) is 0 Å². The van der Waals surface area contributed by atoms with Crippen molar-refractivity contribution in [2.75, 3.05) is 13.1 Å². The minimum absolute atomic E-state index is 0.372. The lowest BCUT2D eigenvalue weighted by Gasteiger charge is -2.24. The van der Waals surface area contributed by atoms with Crippen molar-refractivity contribution in [2.24, 2.45) is 5.73 Å². The number of hydrogen-bond donors (Lipinski definition) is 1. The van der Waals surface area contributed by atoms with E-state index in [-0.39, 0.29) is 0 Å². The molecule has 1 aliphatic heterocycles. The zero-order valence-electron chi connectivity index (χ0n) is 10.6. The highest BCUT2D eigenvalue weighted by atomic mass is 16.2. The fourth-order valence-electron chi connectivity index (χ4n) is 2.51. The van der Waals surface area contributed by atoms with E-state index in [1.54, 1.807) is 0 Å². The zero-order chi connectivity index (χ0) is 11.8. The third kappa shape index (κ3) is 4.12. The average molecular weight is 226 g/mol. The summed E-state index contributed by atoms with van der Waals surface area (Å²) in [5.41, 5.74) is 5.45. The van der Waals surface area contributed by atoms with Gasteiger partial charge in [0.25, 0.3) is 0 Å². The van der Waals surface area contributed by atoms with E-state index in [9.17, 15) is 4.79 Å². The molecule has 0 spiro atoms. The minimum atomic E-state index is 0.372. The Morgan fingerprint density at radius 3 is 2.75 bits per heavy atom. The molecular formula is C13H26N2O. The molecule has 1 fully saturated rings. The number of hydrogen-bond acceptors (Lipinski definition) is 2. The maximum absolute atomic E-state index is 11.7. The fraction of sp³-hybridized carbons (Fsp3) is 0.923. The fourth-order valence-corrected chi connectivity index (χ4v) is 2.51. The molecule has 1 rings (SSSR count). The maximum Gasteiger partial charge on any atom is 0.222 e. The van der Waals surface area contributed by atoms with E-state index in [0.29, 0.717) is 11.9 Å². The monoisotopic (exact) mass is 226 g/mol. The van der Waals surface area contributed by atoms with Gasteiger partial charge in [0.1, 0.15) is 0 Å². The predicted octanol–water partition coefficient (Wildman–Crippen LogP) is 2.30. The van der Waals surface area contributed by atoms with Crippen LogP contribution in [0, 0.1) is 0 Å². The van der Waals surface area contributed by atoms with Crippen molar-refractivity contribution in [3.05, 3.63) is 0 Å². The molecule has 16 heavy (non-hydrogen) atoms. The van der Waals surface area contributed by atoms with Gasteiger partial charge in [0.05, 0.1) is 0 Å². The highest BCUT2D eigenvalue weighted by Crippen LogP contribution is 2.23. The summed E-state index contributed by atoms with van der Waals surface area (Å²) < 4.78 is 0.